The average molecular weight is 248 g/mol. The van der Waals surface area contributed by atoms with E-state index in [4.69, 9.17) is 0 Å². The van der Waals surface area contributed by atoms with Crippen molar-refractivity contribution < 1.29 is 25.2 Å². The number of benzene rings is 1. The highest BCUT2D eigenvalue weighted by molar-refractivity contribution is 6.01. The van der Waals surface area contributed by atoms with Gasteiger partial charge in [0.1, 0.15) is 17.4 Å². The molecule has 5 heteroatoms. The van der Waals surface area contributed by atoms with Crippen LogP contribution >= 0.6 is 0 Å². The van der Waals surface area contributed by atoms with Gasteiger partial charge in [0.25, 0.3) is 0 Å². The Balaban J connectivity index is 2.36. The van der Waals surface area contributed by atoms with Gasteiger partial charge in [-0.15, -0.1) is 0 Å². The van der Waals surface area contributed by atoms with Gasteiger partial charge in [-0.1, -0.05) is 30.3 Å². The highest BCUT2D eigenvalue weighted by atomic mass is 16.5. The van der Waals surface area contributed by atoms with Crippen LogP contribution in [-0.2, 0) is 0 Å². The number of carbonyl (C=O) groups excluding carboxylic acids is 1. The lowest BCUT2D eigenvalue weighted by molar-refractivity contribution is -0.0817. The Morgan fingerprint density at radius 1 is 1.00 bits per heavy atom. The van der Waals surface area contributed by atoms with Gasteiger partial charge in [-0.05, 0) is 0 Å². The molecule has 0 fully saturated rings. The van der Waals surface area contributed by atoms with Crippen molar-refractivity contribution in [3.63, 3.8) is 0 Å². The van der Waals surface area contributed by atoms with E-state index in [0.29, 0.717) is 17.7 Å². The molecule has 0 heterocycles. The van der Waals surface area contributed by atoms with Gasteiger partial charge in [-0.2, -0.15) is 0 Å². The smallest absolute Gasteiger partial charge is 0.210 e. The summed E-state index contributed by atoms with van der Waals surface area (Å²) in [4.78, 5) is 12.1. The van der Waals surface area contributed by atoms with Crippen LogP contribution in [0.2, 0.25) is 0 Å². The summed E-state index contributed by atoms with van der Waals surface area (Å²) in [5.41, 5.74) is 0.311. The van der Waals surface area contributed by atoms with Crippen LogP contribution in [0.5, 0.6) is 0 Å². The van der Waals surface area contributed by atoms with Crippen molar-refractivity contribution in [1.82, 2.24) is 0 Å². The molecule has 0 amide bonds. The molecule has 94 valence electrons. The topological polar surface area (TPSA) is 98.0 Å². The van der Waals surface area contributed by atoms with Crippen molar-refractivity contribution in [3.8, 4) is 0 Å². The van der Waals surface area contributed by atoms with Crippen LogP contribution in [-0.4, -0.2) is 32.0 Å². The number of hydrogen-bond donors (Lipinski definition) is 4. The second-order valence-corrected chi connectivity index (χ2v) is 4.08. The van der Waals surface area contributed by atoms with Crippen molar-refractivity contribution in [2.24, 2.45) is 5.92 Å². The van der Waals surface area contributed by atoms with Gasteiger partial charge in [0, 0.05) is 17.7 Å². The Hall–Kier alpha value is -2.11. The molecule has 0 saturated carbocycles. The molecule has 0 aromatic heterocycles. The zero-order valence-electron chi connectivity index (χ0n) is 9.32. The highest BCUT2D eigenvalue weighted by Gasteiger charge is 2.36. The van der Waals surface area contributed by atoms with Crippen molar-refractivity contribution >= 4 is 5.78 Å². The van der Waals surface area contributed by atoms with E-state index in [-0.39, 0.29) is 0 Å². The monoisotopic (exact) mass is 248 g/mol. The molecule has 5 nitrogen and oxygen atoms in total. The number of aliphatic hydroxyl groups excluding tert-OH is 2. The van der Waals surface area contributed by atoms with Crippen LogP contribution in [0.15, 0.2) is 54.0 Å². The predicted octanol–water partition coefficient (Wildman–Crippen LogP) is 1.06. The van der Waals surface area contributed by atoms with E-state index in [1.54, 1.807) is 30.3 Å². The average Bonchev–Trinajstić information content (AvgIpc) is 2.27. The largest absolute Gasteiger partial charge is 0.511 e. The normalized spacial score (nSPS) is 19.0. The van der Waals surface area contributed by atoms with E-state index in [1.165, 1.54) is 0 Å². The minimum atomic E-state index is -2.44. The molecule has 0 aliphatic heterocycles. The SMILES string of the molecule is O=C(c1ccccc1)C1C(O)=CC(O)(O)C=C1O. The molecule has 1 aromatic carbocycles. The van der Waals surface area contributed by atoms with E-state index in [9.17, 15) is 25.2 Å². The van der Waals surface area contributed by atoms with E-state index in [2.05, 4.69) is 0 Å². The van der Waals surface area contributed by atoms with Gasteiger partial charge in [-0.3, -0.25) is 4.79 Å². The number of rotatable bonds is 2. The van der Waals surface area contributed by atoms with Crippen molar-refractivity contribution in [1.29, 1.82) is 0 Å². The Morgan fingerprint density at radius 3 is 2.00 bits per heavy atom. The first-order chi connectivity index (χ1) is 8.41. The van der Waals surface area contributed by atoms with Gasteiger partial charge in [0.2, 0.25) is 5.79 Å². The molecule has 0 unspecified atom stereocenters. The molecule has 1 aromatic rings. The van der Waals surface area contributed by atoms with Gasteiger partial charge in [-0.25, -0.2) is 0 Å². The maximum Gasteiger partial charge on any atom is 0.210 e. The van der Waals surface area contributed by atoms with Gasteiger partial charge in [0.05, 0.1) is 0 Å². The second kappa shape index (κ2) is 4.29. The minimum absolute atomic E-state index is 0.311. The van der Waals surface area contributed by atoms with Crippen molar-refractivity contribution in [2.75, 3.05) is 0 Å². The number of hydrogen-bond acceptors (Lipinski definition) is 5. The lowest BCUT2D eigenvalue weighted by Gasteiger charge is -2.24. The third kappa shape index (κ3) is 2.27. The molecule has 0 radical (unpaired) electrons. The van der Waals surface area contributed by atoms with E-state index >= 15 is 0 Å². The van der Waals surface area contributed by atoms with E-state index in [0.717, 1.165) is 0 Å². The fraction of sp³-hybridized carbons (Fsp3) is 0.154. The molecule has 4 N–H and O–H groups in total. The third-order valence-electron chi connectivity index (χ3n) is 2.63. The zero-order chi connectivity index (χ0) is 13.3. The summed E-state index contributed by atoms with van der Waals surface area (Å²) in [6.45, 7) is 0. The van der Waals surface area contributed by atoms with Crippen LogP contribution in [0.4, 0.5) is 0 Å². The lowest BCUT2D eigenvalue weighted by Crippen LogP contribution is -2.32. The first-order valence-electron chi connectivity index (χ1n) is 5.28. The molecule has 0 bridgehead atoms. The molecule has 2 rings (SSSR count). The fourth-order valence-corrected chi connectivity index (χ4v) is 1.83. The molecular formula is C13H12O5. The summed E-state index contributed by atoms with van der Waals surface area (Å²) in [5, 5.41) is 37.8. The maximum absolute atomic E-state index is 12.1. The molecule has 1 aliphatic rings. The molecule has 0 saturated heterocycles. The van der Waals surface area contributed by atoms with Crippen LogP contribution < -0.4 is 0 Å². The number of ketones is 1. The molecule has 18 heavy (non-hydrogen) atoms. The Labute approximate surface area is 103 Å². The van der Waals surface area contributed by atoms with Gasteiger partial charge < -0.3 is 20.4 Å². The standard InChI is InChI=1S/C13H12O5/c14-9-6-13(17,18)7-10(15)11(9)12(16)8-4-2-1-3-5-8/h1-7,11,14-15,17-18H. The quantitative estimate of drug-likeness (QED) is 0.463. The summed E-state index contributed by atoms with van der Waals surface area (Å²) < 4.78 is 0. The van der Waals surface area contributed by atoms with Gasteiger partial charge >= 0.3 is 0 Å². The summed E-state index contributed by atoms with van der Waals surface area (Å²) in [5.74, 6) is -5.43. The summed E-state index contributed by atoms with van der Waals surface area (Å²) in [7, 11) is 0. The second-order valence-electron chi connectivity index (χ2n) is 4.08. The first kappa shape index (κ1) is 12.3. The predicted molar refractivity (Wildman–Crippen MR) is 62.9 cm³/mol. The highest BCUT2D eigenvalue weighted by Crippen LogP contribution is 2.29. The number of carbonyl (C=O) groups is 1. The van der Waals surface area contributed by atoms with Crippen LogP contribution in [0.3, 0.4) is 0 Å². The van der Waals surface area contributed by atoms with Crippen molar-refractivity contribution in [3.05, 3.63) is 59.6 Å². The minimum Gasteiger partial charge on any atom is -0.511 e. The Morgan fingerprint density at radius 2 is 1.50 bits per heavy atom. The van der Waals surface area contributed by atoms with E-state index < -0.39 is 29.0 Å². The Bertz CT molecular complexity index is 506. The maximum atomic E-state index is 12.1. The zero-order valence-corrected chi connectivity index (χ0v) is 9.32. The first-order valence-corrected chi connectivity index (χ1v) is 5.28. The van der Waals surface area contributed by atoms with Crippen LogP contribution in [0.25, 0.3) is 0 Å². The lowest BCUT2D eigenvalue weighted by atomic mass is 9.88. The number of aliphatic hydroxyl groups is 4. The summed E-state index contributed by atoms with van der Waals surface area (Å²) in [6, 6.07) is 8.13. The van der Waals surface area contributed by atoms with Gasteiger partial charge in [0.15, 0.2) is 5.78 Å². The fourth-order valence-electron chi connectivity index (χ4n) is 1.83. The molecular weight excluding hydrogens is 236 g/mol. The third-order valence-corrected chi connectivity index (χ3v) is 2.63. The van der Waals surface area contributed by atoms with Crippen molar-refractivity contribution in [2.45, 2.75) is 5.79 Å². The molecule has 1 aliphatic carbocycles. The van der Waals surface area contributed by atoms with Crippen LogP contribution in [0, 0.1) is 5.92 Å². The molecule has 0 spiro atoms. The molecule has 0 atom stereocenters. The summed E-state index contributed by atoms with van der Waals surface area (Å²) in [6.07, 6.45) is 1.41. The van der Waals surface area contributed by atoms with E-state index in [1.807, 2.05) is 0 Å². The van der Waals surface area contributed by atoms with Crippen LogP contribution in [0.1, 0.15) is 10.4 Å². The Kier molecular flexibility index (Phi) is 2.94. The summed E-state index contributed by atoms with van der Waals surface area (Å²) >= 11 is 0. The number of Topliss-reactive ketones (excluding diaryl/α,β-unsaturated/α-hetero) is 1.